The topological polar surface area (TPSA) is 56.8 Å². The number of para-hydroxylation sites is 1. The van der Waals surface area contributed by atoms with E-state index in [1.54, 1.807) is 38.5 Å². The van der Waals surface area contributed by atoms with Gasteiger partial charge < -0.3 is 19.5 Å². The zero-order chi connectivity index (χ0) is 19.6. The summed E-state index contributed by atoms with van der Waals surface area (Å²) in [7, 11) is 3.12. The van der Waals surface area contributed by atoms with Crippen molar-refractivity contribution in [3.05, 3.63) is 59.7 Å². The predicted octanol–water partition coefficient (Wildman–Crippen LogP) is 3.68. The molecule has 0 aliphatic carbocycles. The first-order valence-electron chi connectivity index (χ1n) is 8.24. The van der Waals surface area contributed by atoms with Gasteiger partial charge in [0.15, 0.2) is 11.5 Å². The minimum absolute atomic E-state index is 0.0156. The SMILES string of the molecule is COc1ccc(CCNC(=O)/C=C/c2ccccc2OC(F)F)cc1OC. The lowest BCUT2D eigenvalue weighted by atomic mass is 10.1. The maximum absolute atomic E-state index is 12.4. The number of hydrogen-bond acceptors (Lipinski definition) is 4. The van der Waals surface area contributed by atoms with E-state index in [9.17, 15) is 13.6 Å². The van der Waals surface area contributed by atoms with Gasteiger partial charge in [0.1, 0.15) is 5.75 Å². The summed E-state index contributed by atoms with van der Waals surface area (Å²) in [6.07, 6.45) is 3.32. The molecule has 0 atom stereocenters. The largest absolute Gasteiger partial charge is 0.493 e. The minimum Gasteiger partial charge on any atom is -0.493 e. The molecule has 7 heteroatoms. The molecule has 0 saturated heterocycles. The third-order valence-corrected chi connectivity index (χ3v) is 3.71. The van der Waals surface area contributed by atoms with Crippen molar-refractivity contribution >= 4 is 12.0 Å². The summed E-state index contributed by atoms with van der Waals surface area (Å²) < 4.78 is 39.6. The van der Waals surface area contributed by atoms with Crippen molar-refractivity contribution in [3.8, 4) is 17.2 Å². The highest BCUT2D eigenvalue weighted by Gasteiger charge is 2.08. The fourth-order valence-corrected chi connectivity index (χ4v) is 2.41. The summed E-state index contributed by atoms with van der Waals surface area (Å²) in [5.74, 6) is 0.943. The molecule has 0 unspecified atom stereocenters. The van der Waals surface area contributed by atoms with Gasteiger partial charge in [0.05, 0.1) is 14.2 Å². The quantitative estimate of drug-likeness (QED) is 0.678. The zero-order valence-corrected chi connectivity index (χ0v) is 15.1. The van der Waals surface area contributed by atoms with E-state index in [2.05, 4.69) is 10.1 Å². The Morgan fingerprint density at radius 2 is 1.81 bits per heavy atom. The average molecular weight is 377 g/mol. The Morgan fingerprint density at radius 1 is 1.07 bits per heavy atom. The van der Waals surface area contributed by atoms with Crippen molar-refractivity contribution in [3.63, 3.8) is 0 Å². The molecule has 27 heavy (non-hydrogen) atoms. The highest BCUT2D eigenvalue weighted by molar-refractivity contribution is 5.92. The molecule has 0 spiro atoms. The highest BCUT2D eigenvalue weighted by Crippen LogP contribution is 2.27. The van der Waals surface area contributed by atoms with Crippen molar-refractivity contribution in [2.75, 3.05) is 20.8 Å². The first kappa shape index (κ1) is 20.2. The molecule has 0 aromatic heterocycles. The van der Waals surface area contributed by atoms with Crippen LogP contribution in [0, 0.1) is 0 Å². The van der Waals surface area contributed by atoms with E-state index in [0.29, 0.717) is 30.0 Å². The van der Waals surface area contributed by atoms with Gasteiger partial charge in [-0.05, 0) is 36.3 Å². The van der Waals surface area contributed by atoms with Crippen molar-refractivity contribution in [1.82, 2.24) is 5.32 Å². The van der Waals surface area contributed by atoms with Crippen LogP contribution >= 0.6 is 0 Å². The minimum atomic E-state index is -2.92. The Morgan fingerprint density at radius 3 is 2.52 bits per heavy atom. The van der Waals surface area contributed by atoms with Crippen LogP contribution in [0.1, 0.15) is 11.1 Å². The second-order valence-corrected chi connectivity index (χ2v) is 5.48. The van der Waals surface area contributed by atoms with Gasteiger partial charge in [-0.15, -0.1) is 0 Å². The van der Waals surface area contributed by atoms with E-state index in [1.165, 1.54) is 18.2 Å². The maximum atomic E-state index is 12.4. The van der Waals surface area contributed by atoms with Gasteiger partial charge in [0, 0.05) is 18.2 Å². The van der Waals surface area contributed by atoms with Crippen molar-refractivity contribution in [2.45, 2.75) is 13.0 Å². The van der Waals surface area contributed by atoms with Crippen LogP contribution in [0.2, 0.25) is 0 Å². The van der Waals surface area contributed by atoms with Gasteiger partial charge in [-0.3, -0.25) is 4.79 Å². The Balaban J connectivity index is 1.89. The molecule has 2 aromatic rings. The van der Waals surface area contributed by atoms with Crippen LogP contribution in [0.5, 0.6) is 17.2 Å². The number of hydrogen-bond donors (Lipinski definition) is 1. The number of carbonyl (C=O) groups excluding carboxylic acids is 1. The van der Waals surface area contributed by atoms with Gasteiger partial charge in [-0.2, -0.15) is 8.78 Å². The molecule has 0 radical (unpaired) electrons. The molecule has 2 rings (SSSR count). The summed E-state index contributed by atoms with van der Waals surface area (Å²) in [4.78, 5) is 11.9. The smallest absolute Gasteiger partial charge is 0.387 e. The molecule has 1 amide bonds. The van der Waals surface area contributed by atoms with Gasteiger partial charge in [-0.25, -0.2) is 0 Å². The number of benzene rings is 2. The molecule has 144 valence electrons. The van der Waals surface area contributed by atoms with Crippen molar-refractivity contribution in [1.29, 1.82) is 0 Å². The number of amides is 1. The summed E-state index contributed by atoms with van der Waals surface area (Å²) in [6.45, 7) is -2.51. The zero-order valence-electron chi connectivity index (χ0n) is 15.1. The Labute approximate surface area is 156 Å². The van der Waals surface area contributed by atoms with Crippen LogP contribution in [-0.2, 0) is 11.2 Å². The van der Waals surface area contributed by atoms with Crippen molar-refractivity contribution in [2.24, 2.45) is 0 Å². The van der Waals surface area contributed by atoms with Gasteiger partial charge >= 0.3 is 6.61 Å². The molecule has 0 aliphatic rings. The lowest BCUT2D eigenvalue weighted by Crippen LogP contribution is -2.23. The Hall–Kier alpha value is -3.09. The monoisotopic (exact) mass is 377 g/mol. The summed E-state index contributed by atoms with van der Waals surface area (Å²) in [5.41, 5.74) is 1.38. The molecule has 1 N–H and O–H groups in total. The van der Waals surface area contributed by atoms with Gasteiger partial charge in [0.25, 0.3) is 0 Å². The number of carbonyl (C=O) groups is 1. The van der Waals surface area contributed by atoms with E-state index in [0.717, 1.165) is 5.56 Å². The van der Waals surface area contributed by atoms with Crippen LogP contribution in [0.15, 0.2) is 48.5 Å². The number of alkyl halides is 2. The van der Waals surface area contributed by atoms with E-state index in [1.807, 2.05) is 12.1 Å². The number of ether oxygens (including phenoxy) is 3. The predicted molar refractivity (Wildman–Crippen MR) is 98.4 cm³/mol. The van der Waals surface area contributed by atoms with Gasteiger partial charge in [-0.1, -0.05) is 24.3 Å². The summed E-state index contributed by atoms with van der Waals surface area (Å²) >= 11 is 0. The Bertz CT molecular complexity index is 793. The van der Waals surface area contributed by atoms with E-state index in [4.69, 9.17) is 9.47 Å². The fourth-order valence-electron chi connectivity index (χ4n) is 2.41. The second kappa shape index (κ2) is 10.2. The summed E-state index contributed by atoms with van der Waals surface area (Å²) in [5, 5.41) is 2.74. The Kier molecular flexibility index (Phi) is 7.61. The molecule has 0 saturated carbocycles. The molecular formula is C20H21F2NO4. The van der Waals surface area contributed by atoms with Crippen LogP contribution in [0.25, 0.3) is 6.08 Å². The molecule has 0 aliphatic heterocycles. The van der Waals surface area contributed by atoms with E-state index in [-0.39, 0.29) is 11.7 Å². The molecule has 0 heterocycles. The summed E-state index contributed by atoms with van der Waals surface area (Å²) in [6, 6.07) is 11.8. The highest BCUT2D eigenvalue weighted by atomic mass is 19.3. The lowest BCUT2D eigenvalue weighted by molar-refractivity contribution is -0.116. The maximum Gasteiger partial charge on any atom is 0.387 e. The van der Waals surface area contributed by atoms with Crippen LogP contribution in [0.3, 0.4) is 0 Å². The third kappa shape index (κ3) is 6.29. The molecule has 2 aromatic carbocycles. The number of halogens is 2. The van der Waals surface area contributed by atoms with Gasteiger partial charge in [0.2, 0.25) is 5.91 Å². The normalized spacial score (nSPS) is 10.9. The number of nitrogens with one attached hydrogen (secondary N) is 1. The second-order valence-electron chi connectivity index (χ2n) is 5.48. The first-order chi connectivity index (χ1) is 13.0. The lowest BCUT2D eigenvalue weighted by Gasteiger charge is -2.10. The molecule has 0 fully saturated rings. The number of methoxy groups -OCH3 is 2. The molecule has 5 nitrogen and oxygen atoms in total. The third-order valence-electron chi connectivity index (χ3n) is 3.71. The molecular weight excluding hydrogens is 356 g/mol. The first-order valence-corrected chi connectivity index (χ1v) is 8.24. The average Bonchev–Trinajstić information content (AvgIpc) is 2.66. The van der Waals surface area contributed by atoms with Crippen molar-refractivity contribution < 1.29 is 27.8 Å². The van der Waals surface area contributed by atoms with Crippen LogP contribution in [0.4, 0.5) is 8.78 Å². The van der Waals surface area contributed by atoms with E-state index >= 15 is 0 Å². The number of rotatable bonds is 9. The van der Waals surface area contributed by atoms with Crippen LogP contribution < -0.4 is 19.5 Å². The fraction of sp³-hybridized carbons (Fsp3) is 0.250. The standard InChI is InChI=1S/C20H21F2NO4/c1-25-17-9-7-14(13-18(17)26-2)11-12-23-19(24)10-8-15-5-3-4-6-16(15)27-20(21)22/h3-10,13,20H,11-12H2,1-2H3,(H,23,24)/b10-8+. The molecule has 0 bridgehead atoms. The van der Waals surface area contributed by atoms with Crippen LogP contribution in [-0.4, -0.2) is 33.3 Å². The van der Waals surface area contributed by atoms with E-state index < -0.39 is 6.61 Å².